The van der Waals surface area contributed by atoms with Crippen molar-refractivity contribution in [3.8, 4) is 5.75 Å². The topological polar surface area (TPSA) is 39.1 Å². The average Bonchev–Trinajstić information content (AvgIpc) is 2.80. The van der Waals surface area contributed by atoms with Gasteiger partial charge in [0, 0.05) is 19.6 Å². The van der Waals surface area contributed by atoms with Crippen molar-refractivity contribution in [2.24, 2.45) is 0 Å². The molecule has 0 fully saturated rings. The number of aryl methyl sites for hydroxylation is 2. The number of aromatic nitrogens is 2. The molecule has 0 unspecified atom stereocenters. The largest absolute Gasteiger partial charge is 0.497 e. The Bertz CT molecular complexity index is 517. The average molecular weight is 259 g/mol. The number of nitrogens with one attached hydrogen (secondary N) is 1. The van der Waals surface area contributed by atoms with Gasteiger partial charge in [0.1, 0.15) is 5.75 Å². The van der Waals surface area contributed by atoms with Crippen LogP contribution in [0, 0.1) is 6.92 Å². The highest BCUT2D eigenvalue weighted by Gasteiger charge is 2.03. The van der Waals surface area contributed by atoms with Gasteiger partial charge in [0.25, 0.3) is 0 Å². The van der Waals surface area contributed by atoms with Crippen LogP contribution in [0.2, 0.25) is 0 Å². The van der Waals surface area contributed by atoms with Crippen molar-refractivity contribution in [3.05, 3.63) is 47.3 Å². The number of hydrogen-bond acceptors (Lipinski definition) is 3. The zero-order valence-corrected chi connectivity index (χ0v) is 11.8. The fraction of sp³-hybridized carbons (Fsp3) is 0.400. The van der Waals surface area contributed by atoms with Gasteiger partial charge in [-0.2, -0.15) is 5.10 Å². The summed E-state index contributed by atoms with van der Waals surface area (Å²) < 4.78 is 7.18. The molecular weight excluding hydrogens is 238 g/mol. The van der Waals surface area contributed by atoms with Crippen molar-refractivity contribution in [1.82, 2.24) is 15.1 Å². The monoisotopic (exact) mass is 259 g/mol. The summed E-state index contributed by atoms with van der Waals surface area (Å²) in [5.74, 6) is 0.892. The van der Waals surface area contributed by atoms with Crippen LogP contribution in [-0.2, 0) is 19.6 Å². The summed E-state index contributed by atoms with van der Waals surface area (Å²) in [4.78, 5) is 0. The second-order valence-electron chi connectivity index (χ2n) is 4.54. The fourth-order valence-corrected chi connectivity index (χ4v) is 2.09. The molecule has 0 amide bonds. The highest BCUT2D eigenvalue weighted by atomic mass is 16.5. The first-order chi connectivity index (χ1) is 9.22. The SMILES string of the molecule is CCn1nc(C)cc1CNCc1ccc(OC)cc1. The quantitative estimate of drug-likeness (QED) is 0.866. The van der Waals surface area contributed by atoms with E-state index in [0.717, 1.165) is 31.1 Å². The summed E-state index contributed by atoms with van der Waals surface area (Å²) in [7, 11) is 1.68. The summed E-state index contributed by atoms with van der Waals surface area (Å²) in [5.41, 5.74) is 3.55. The smallest absolute Gasteiger partial charge is 0.118 e. The number of rotatable bonds is 6. The first-order valence-corrected chi connectivity index (χ1v) is 6.60. The van der Waals surface area contributed by atoms with Crippen LogP contribution in [0.25, 0.3) is 0 Å². The van der Waals surface area contributed by atoms with Crippen molar-refractivity contribution in [3.63, 3.8) is 0 Å². The van der Waals surface area contributed by atoms with E-state index in [4.69, 9.17) is 4.74 Å². The van der Waals surface area contributed by atoms with E-state index in [-0.39, 0.29) is 0 Å². The Labute approximate surface area is 114 Å². The number of benzene rings is 1. The van der Waals surface area contributed by atoms with E-state index in [2.05, 4.69) is 35.5 Å². The molecule has 0 aliphatic carbocycles. The second-order valence-corrected chi connectivity index (χ2v) is 4.54. The Morgan fingerprint density at radius 1 is 1.21 bits per heavy atom. The van der Waals surface area contributed by atoms with Gasteiger partial charge in [0.2, 0.25) is 0 Å². The number of nitrogens with zero attached hydrogens (tertiary/aromatic N) is 2. The van der Waals surface area contributed by atoms with Gasteiger partial charge in [-0.15, -0.1) is 0 Å². The maximum atomic E-state index is 5.14. The Morgan fingerprint density at radius 2 is 1.95 bits per heavy atom. The van der Waals surface area contributed by atoms with Crippen molar-refractivity contribution in [2.45, 2.75) is 33.5 Å². The zero-order chi connectivity index (χ0) is 13.7. The van der Waals surface area contributed by atoms with Crippen LogP contribution in [0.15, 0.2) is 30.3 Å². The van der Waals surface area contributed by atoms with Gasteiger partial charge in [0.15, 0.2) is 0 Å². The van der Waals surface area contributed by atoms with Gasteiger partial charge in [-0.05, 0) is 37.6 Å². The Balaban J connectivity index is 1.88. The third kappa shape index (κ3) is 3.58. The molecule has 4 heteroatoms. The van der Waals surface area contributed by atoms with Gasteiger partial charge in [-0.25, -0.2) is 0 Å². The van der Waals surface area contributed by atoms with Gasteiger partial charge >= 0.3 is 0 Å². The molecule has 1 aromatic heterocycles. The predicted molar refractivity (Wildman–Crippen MR) is 76.2 cm³/mol. The first kappa shape index (κ1) is 13.6. The lowest BCUT2D eigenvalue weighted by Crippen LogP contribution is -2.16. The molecule has 2 rings (SSSR count). The summed E-state index contributed by atoms with van der Waals surface area (Å²) in [6, 6.07) is 10.3. The molecule has 0 bridgehead atoms. The van der Waals surface area contributed by atoms with E-state index in [1.54, 1.807) is 7.11 Å². The molecule has 0 spiro atoms. The summed E-state index contributed by atoms with van der Waals surface area (Å²) in [6.07, 6.45) is 0. The minimum Gasteiger partial charge on any atom is -0.497 e. The summed E-state index contributed by atoms with van der Waals surface area (Å²) in [5, 5.41) is 7.88. The molecule has 4 nitrogen and oxygen atoms in total. The van der Waals surface area contributed by atoms with Crippen LogP contribution in [0.4, 0.5) is 0 Å². The van der Waals surface area contributed by atoms with Crippen LogP contribution < -0.4 is 10.1 Å². The highest BCUT2D eigenvalue weighted by Crippen LogP contribution is 2.11. The number of hydrogen-bond donors (Lipinski definition) is 1. The molecule has 0 aliphatic rings. The normalized spacial score (nSPS) is 10.7. The Kier molecular flexibility index (Phi) is 4.58. The molecule has 1 aromatic carbocycles. The standard InChI is InChI=1S/C15H21N3O/c1-4-18-14(9-12(2)17-18)11-16-10-13-5-7-15(19-3)8-6-13/h5-9,16H,4,10-11H2,1-3H3. The molecule has 0 aliphatic heterocycles. The van der Waals surface area contributed by atoms with E-state index < -0.39 is 0 Å². The molecule has 19 heavy (non-hydrogen) atoms. The van der Waals surface area contributed by atoms with E-state index in [9.17, 15) is 0 Å². The Hall–Kier alpha value is -1.81. The van der Waals surface area contributed by atoms with Crippen LogP contribution in [0.5, 0.6) is 5.75 Å². The summed E-state index contributed by atoms with van der Waals surface area (Å²) >= 11 is 0. The molecule has 0 saturated carbocycles. The van der Waals surface area contributed by atoms with Crippen LogP contribution in [0.1, 0.15) is 23.9 Å². The molecule has 1 N–H and O–H groups in total. The lowest BCUT2D eigenvalue weighted by Gasteiger charge is -2.07. The van der Waals surface area contributed by atoms with E-state index in [1.807, 2.05) is 23.7 Å². The van der Waals surface area contributed by atoms with Crippen LogP contribution in [0.3, 0.4) is 0 Å². The van der Waals surface area contributed by atoms with Crippen molar-refractivity contribution >= 4 is 0 Å². The minimum atomic E-state index is 0.834. The lowest BCUT2D eigenvalue weighted by atomic mass is 10.2. The van der Waals surface area contributed by atoms with Crippen molar-refractivity contribution in [2.75, 3.05) is 7.11 Å². The predicted octanol–water partition coefficient (Wildman–Crippen LogP) is 2.51. The molecule has 2 aromatic rings. The van der Waals surface area contributed by atoms with E-state index in [0.29, 0.717) is 0 Å². The molecule has 1 heterocycles. The molecule has 0 atom stereocenters. The Morgan fingerprint density at radius 3 is 2.58 bits per heavy atom. The van der Waals surface area contributed by atoms with Gasteiger partial charge in [-0.3, -0.25) is 4.68 Å². The summed E-state index contributed by atoms with van der Waals surface area (Å²) in [6.45, 7) is 6.73. The third-order valence-electron chi connectivity index (χ3n) is 3.08. The van der Waals surface area contributed by atoms with E-state index in [1.165, 1.54) is 11.3 Å². The zero-order valence-electron chi connectivity index (χ0n) is 11.8. The minimum absolute atomic E-state index is 0.834. The van der Waals surface area contributed by atoms with Crippen LogP contribution >= 0.6 is 0 Å². The van der Waals surface area contributed by atoms with Crippen molar-refractivity contribution in [1.29, 1.82) is 0 Å². The van der Waals surface area contributed by atoms with Crippen molar-refractivity contribution < 1.29 is 4.74 Å². The van der Waals surface area contributed by atoms with Gasteiger partial charge in [-0.1, -0.05) is 12.1 Å². The fourth-order valence-electron chi connectivity index (χ4n) is 2.09. The molecule has 102 valence electrons. The molecule has 0 saturated heterocycles. The van der Waals surface area contributed by atoms with Gasteiger partial charge in [0.05, 0.1) is 18.5 Å². The third-order valence-corrected chi connectivity index (χ3v) is 3.08. The number of ether oxygens (including phenoxy) is 1. The number of methoxy groups -OCH3 is 1. The molecule has 0 radical (unpaired) electrons. The van der Waals surface area contributed by atoms with E-state index >= 15 is 0 Å². The highest BCUT2D eigenvalue weighted by molar-refractivity contribution is 5.27. The maximum Gasteiger partial charge on any atom is 0.118 e. The van der Waals surface area contributed by atoms with Crippen LogP contribution in [-0.4, -0.2) is 16.9 Å². The second kappa shape index (κ2) is 6.38. The maximum absolute atomic E-state index is 5.14. The first-order valence-electron chi connectivity index (χ1n) is 6.60. The molecular formula is C15H21N3O. The van der Waals surface area contributed by atoms with Gasteiger partial charge < -0.3 is 10.1 Å². The lowest BCUT2D eigenvalue weighted by molar-refractivity contribution is 0.414.